The van der Waals surface area contributed by atoms with E-state index in [1.807, 2.05) is 18.2 Å². The Morgan fingerprint density at radius 2 is 1.68 bits per heavy atom. The van der Waals surface area contributed by atoms with Crippen LogP contribution >= 0.6 is 0 Å². The third-order valence-corrected chi connectivity index (χ3v) is 5.04. The first-order chi connectivity index (χ1) is 15.1. The van der Waals surface area contributed by atoms with Crippen LogP contribution in [0.25, 0.3) is 11.3 Å². The lowest BCUT2D eigenvalue weighted by molar-refractivity contribution is 0.0952. The molecule has 0 aliphatic carbocycles. The maximum absolute atomic E-state index is 12.9. The molecule has 31 heavy (non-hydrogen) atoms. The molecule has 0 atom stereocenters. The summed E-state index contributed by atoms with van der Waals surface area (Å²) in [5, 5.41) is 6.98. The molecule has 0 bridgehead atoms. The van der Waals surface area contributed by atoms with Crippen LogP contribution in [0.1, 0.15) is 34.5 Å². The summed E-state index contributed by atoms with van der Waals surface area (Å²) in [7, 11) is 4.61. The highest BCUT2D eigenvalue weighted by molar-refractivity contribution is 6.00. The van der Waals surface area contributed by atoms with Crippen LogP contribution in [0.3, 0.4) is 0 Å². The molecule has 0 fully saturated rings. The number of aromatic nitrogens is 1. The molecule has 1 amide bonds. The highest BCUT2D eigenvalue weighted by Gasteiger charge is 2.24. The first-order valence-corrected chi connectivity index (χ1v) is 10.2. The lowest BCUT2D eigenvalue weighted by atomic mass is 10.0. The summed E-state index contributed by atoms with van der Waals surface area (Å²) >= 11 is 0. The van der Waals surface area contributed by atoms with Gasteiger partial charge < -0.3 is 24.1 Å². The van der Waals surface area contributed by atoms with E-state index in [4.69, 9.17) is 18.7 Å². The number of ether oxygens (including phenoxy) is 3. The van der Waals surface area contributed by atoms with Gasteiger partial charge in [0.1, 0.15) is 5.56 Å². The van der Waals surface area contributed by atoms with Crippen molar-refractivity contribution in [3.8, 4) is 28.6 Å². The third kappa shape index (κ3) is 5.17. The van der Waals surface area contributed by atoms with Gasteiger partial charge in [0.15, 0.2) is 17.3 Å². The van der Waals surface area contributed by atoms with Crippen molar-refractivity contribution in [3.63, 3.8) is 0 Å². The third-order valence-electron chi connectivity index (χ3n) is 5.04. The number of nitrogens with zero attached hydrogens (tertiary/aromatic N) is 1. The van der Waals surface area contributed by atoms with Crippen LogP contribution in [0.2, 0.25) is 0 Å². The van der Waals surface area contributed by atoms with Crippen molar-refractivity contribution >= 4 is 5.91 Å². The minimum Gasteiger partial charge on any atom is -0.493 e. The van der Waals surface area contributed by atoms with Gasteiger partial charge >= 0.3 is 0 Å². The van der Waals surface area contributed by atoms with Gasteiger partial charge in [-0.15, -0.1) is 0 Å². The maximum Gasteiger partial charge on any atom is 0.257 e. The molecule has 0 saturated carbocycles. The number of rotatable bonds is 10. The van der Waals surface area contributed by atoms with Crippen molar-refractivity contribution in [2.75, 3.05) is 27.9 Å². The molecule has 0 aliphatic heterocycles. The topological polar surface area (TPSA) is 82.8 Å². The quantitative estimate of drug-likeness (QED) is 0.485. The lowest BCUT2D eigenvalue weighted by Crippen LogP contribution is -2.25. The van der Waals surface area contributed by atoms with Crippen LogP contribution in [-0.4, -0.2) is 38.9 Å². The van der Waals surface area contributed by atoms with Crippen molar-refractivity contribution in [1.82, 2.24) is 10.5 Å². The molecule has 0 aliphatic rings. The summed E-state index contributed by atoms with van der Waals surface area (Å²) in [6.07, 6.45) is 2.86. The molecule has 1 N–H and O–H groups in total. The first kappa shape index (κ1) is 22.2. The number of amides is 1. The zero-order chi connectivity index (χ0) is 22.2. The summed E-state index contributed by atoms with van der Waals surface area (Å²) in [6, 6.07) is 13.8. The van der Waals surface area contributed by atoms with Gasteiger partial charge in [-0.2, -0.15) is 0 Å². The van der Waals surface area contributed by atoms with Gasteiger partial charge in [-0.3, -0.25) is 4.79 Å². The molecular weight excluding hydrogens is 396 g/mol. The maximum atomic E-state index is 12.9. The number of nitrogens with one attached hydrogen (secondary N) is 1. The van der Waals surface area contributed by atoms with E-state index in [0.717, 1.165) is 19.3 Å². The van der Waals surface area contributed by atoms with Crippen molar-refractivity contribution in [3.05, 3.63) is 59.3 Å². The zero-order valence-corrected chi connectivity index (χ0v) is 18.4. The Morgan fingerprint density at radius 1 is 1.00 bits per heavy atom. The number of carbonyl (C=O) groups is 1. The van der Waals surface area contributed by atoms with Crippen LogP contribution in [-0.2, 0) is 6.42 Å². The highest BCUT2D eigenvalue weighted by Crippen LogP contribution is 2.42. The van der Waals surface area contributed by atoms with Gasteiger partial charge in [0.05, 0.1) is 27.0 Å². The molecule has 1 aromatic heterocycles. The Labute approximate surface area is 182 Å². The predicted molar refractivity (Wildman–Crippen MR) is 118 cm³/mol. The van der Waals surface area contributed by atoms with Crippen molar-refractivity contribution in [1.29, 1.82) is 0 Å². The number of hydrogen-bond donors (Lipinski definition) is 1. The van der Waals surface area contributed by atoms with E-state index in [1.54, 1.807) is 19.1 Å². The molecule has 7 nitrogen and oxygen atoms in total. The first-order valence-electron chi connectivity index (χ1n) is 10.2. The van der Waals surface area contributed by atoms with E-state index in [2.05, 4.69) is 22.6 Å². The molecule has 0 spiro atoms. The minimum atomic E-state index is -0.220. The summed E-state index contributed by atoms with van der Waals surface area (Å²) in [5.41, 5.74) is 2.83. The summed E-state index contributed by atoms with van der Waals surface area (Å²) in [5.74, 6) is 1.55. The lowest BCUT2D eigenvalue weighted by Gasteiger charge is -2.13. The van der Waals surface area contributed by atoms with Gasteiger partial charge in [0.2, 0.25) is 5.75 Å². The van der Waals surface area contributed by atoms with Crippen molar-refractivity contribution in [2.45, 2.75) is 26.2 Å². The summed E-state index contributed by atoms with van der Waals surface area (Å²) in [6.45, 7) is 2.32. The van der Waals surface area contributed by atoms with Crippen molar-refractivity contribution < 1.29 is 23.5 Å². The Balaban J connectivity index is 1.71. The Kier molecular flexibility index (Phi) is 7.54. The van der Waals surface area contributed by atoms with Crippen LogP contribution in [0, 0.1) is 6.92 Å². The Bertz CT molecular complexity index is 989. The summed E-state index contributed by atoms with van der Waals surface area (Å²) in [4.78, 5) is 12.9. The molecule has 3 aromatic rings. The average Bonchev–Trinajstić information content (AvgIpc) is 3.19. The predicted octanol–water partition coefficient (Wildman–Crippen LogP) is 4.43. The highest BCUT2D eigenvalue weighted by atomic mass is 16.5. The van der Waals surface area contributed by atoms with Gasteiger partial charge in [-0.25, -0.2) is 0 Å². The number of aryl methyl sites for hydroxylation is 2. The van der Waals surface area contributed by atoms with Gasteiger partial charge in [-0.05, 0) is 43.9 Å². The molecule has 1 heterocycles. The molecule has 0 radical (unpaired) electrons. The van der Waals surface area contributed by atoms with Gasteiger partial charge in [0, 0.05) is 12.1 Å². The number of carbonyl (C=O) groups excluding carboxylic acids is 1. The van der Waals surface area contributed by atoms with Crippen LogP contribution < -0.4 is 19.5 Å². The van der Waals surface area contributed by atoms with E-state index >= 15 is 0 Å². The number of unbranched alkanes of at least 4 members (excludes halogenated alkanes) is 1. The van der Waals surface area contributed by atoms with Gasteiger partial charge in [-0.1, -0.05) is 35.5 Å². The average molecular weight is 424 g/mol. The van der Waals surface area contributed by atoms with E-state index < -0.39 is 0 Å². The Morgan fingerprint density at radius 3 is 2.29 bits per heavy atom. The molecule has 0 unspecified atom stereocenters. The summed E-state index contributed by atoms with van der Waals surface area (Å²) < 4.78 is 21.7. The smallest absolute Gasteiger partial charge is 0.257 e. The molecule has 2 aromatic carbocycles. The van der Waals surface area contributed by atoms with Crippen LogP contribution in [0.4, 0.5) is 0 Å². The van der Waals surface area contributed by atoms with Crippen LogP contribution in [0.15, 0.2) is 47.0 Å². The Hall–Kier alpha value is -3.48. The monoisotopic (exact) mass is 424 g/mol. The second kappa shape index (κ2) is 10.5. The fourth-order valence-corrected chi connectivity index (χ4v) is 3.44. The molecule has 3 rings (SSSR count). The number of hydrogen-bond acceptors (Lipinski definition) is 6. The van der Waals surface area contributed by atoms with Gasteiger partial charge in [0.25, 0.3) is 5.91 Å². The standard InChI is InChI=1S/C24H28N2O5/c1-16-21(24(27)25-13-9-8-12-17-10-6-5-7-11-17)22(31-26-16)18-14-19(28-2)23(30-4)20(15-18)29-3/h5-7,10-11,14-15H,8-9,12-13H2,1-4H3,(H,25,27). The van der Waals surface area contributed by atoms with E-state index in [1.165, 1.54) is 26.9 Å². The second-order valence-electron chi connectivity index (χ2n) is 7.08. The van der Waals surface area contributed by atoms with Crippen LogP contribution in [0.5, 0.6) is 17.2 Å². The molecule has 0 saturated heterocycles. The molecule has 164 valence electrons. The SMILES string of the molecule is COc1cc(-c2onc(C)c2C(=O)NCCCCc2ccccc2)cc(OC)c1OC. The second-order valence-corrected chi connectivity index (χ2v) is 7.08. The minimum absolute atomic E-state index is 0.220. The molecular formula is C24H28N2O5. The number of methoxy groups -OCH3 is 3. The van der Waals surface area contributed by atoms with Crippen molar-refractivity contribution in [2.24, 2.45) is 0 Å². The zero-order valence-electron chi connectivity index (χ0n) is 18.4. The fraction of sp³-hybridized carbons (Fsp3) is 0.333. The fourth-order valence-electron chi connectivity index (χ4n) is 3.44. The molecule has 7 heteroatoms. The van der Waals surface area contributed by atoms with E-state index in [9.17, 15) is 4.79 Å². The number of benzene rings is 2. The largest absolute Gasteiger partial charge is 0.493 e. The van der Waals surface area contributed by atoms with E-state index in [-0.39, 0.29) is 5.91 Å². The normalized spacial score (nSPS) is 10.6. The van der Waals surface area contributed by atoms with E-state index in [0.29, 0.717) is 46.4 Å².